The Bertz CT molecular complexity index is 746. The molecule has 2 aromatic rings. The molecule has 0 spiro atoms. The zero-order valence-electron chi connectivity index (χ0n) is 15.6. The summed E-state index contributed by atoms with van der Waals surface area (Å²) in [7, 11) is 0. The Kier molecular flexibility index (Phi) is 4.88. The highest BCUT2D eigenvalue weighted by Crippen LogP contribution is 2.33. The molecule has 0 radical (unpaired) electrons. The maximum atomic E-state index is 12.7. The number of nitrogens with zero attached hydrogens (tertiary/aromatic N) is 5. The van der Waals surface area contributed by atoms with Gasteiger partial charge in [-0.15, -0.1) is 0 Å². The average molecular weight is 341 g/mol. The summed E-state index contributed by atoms with van der Waals surface area (Å²) in [6.45, 7) is 10.4. The quantitative estimate of drug-likeness (QED) is 0.860. The summed E-state index contributed by atoms with van der Waals surface area (Å²) in [6.07, 6.45) is 9.35. The molecule has 0 bridgehead atoms. The molecule has 1 fully saturated rings. The van der Waals surface area contributed by atoms with Gasteiger partial charge in [0, 0.05) is 55.1 Å². The summed E-state index contributed by atoms with van der Waals surface area (Å²) < 4.78 is 1.89. The molecule has 0 unspecified atom stereocenters. The maximum Gasteiger partial charge on any atom is 0.227 e. The Labute approximate surface area is 149 Å². The van der Waals surface area contributed by atoms with Crippen molar-refractivity contribution < 1.29 is 4.79 Å². The molecule has 1 saturated heterocycles. The van der Waals surface area contributed by atoms with Gasteiger partial charge < -0.3 is 4.90 Å². The van der Waals surface area contributed by atoms with Gasteiger partial charge in [-0.3, -0.25) is 19.4 Å². The van der Waals surface area contributed by atoms with Gasteiger partial charge >= 0.3 is 0 Å². The highest BCUT2D eigenvalue weighted by molar-refractivity contribution is 5.81. The largest absolute Gasteiger partial charge is 0.342 e. The third-order valence-corrected chi connectivity index (χ3v) is 4.69. The van der Waals surface area contributed by atoms with Crippen molar-refractivity contribution in [1.29, 1.82) is 0 Å². The molecule has 2 aromatic heterocycles. The number of carbonyl (C=O) groups is 1. The molecule has 1 aliphatic heterocycles. The minimum absolute atomic E-state index is 0.210. The van der Waals surface area contributed by atoms with E-state index in [1.165, 1.54) is 0 Å². The first-order valence-electron chi connectivity index (χ1n) is 9.03. The van der Waals surface area contributed by atoms with Gasteiger partial charge in [0.2, 0.25) is 5.91 Å². The molecule has 0 aromatic carbocycles. The molecule has 3 heterocycles. The fourth-order valence-electron chi connectivity index (χ4n) is 3.39. The van der Waals surface area contributed by atoms with E-state index in [-0.39, 0.29) is 17.2 Å². The SMILES string of the molecule is CCn1cc(-c2nccnc2[C@@H]2CCCN(C(=O)C(C)(C)C)C2)cn1. The van der Waals surface area contributed by atoms with E-state index < -0.39 is 0 Å². The van der Waals surface area contributed by atoms with Crippen LogP contribution in [0.2, 0.25) is 0 Å². The summed E-state index contributed by atoms with van der Waals surface area (Å²) in [6, 6.07) is 0. The highest BCUT2D eigenvalue weighted by Gasteiger charge is 2.33. The van der Waals surface area contributed by atoms with Crippen LogP contribution in [0.15, 0.2) is 24.8 Å². The van der Waals surface area contributed by atoms with Gasteiger partial charge in [0.05, 0.1) is 17.6 Å². The predicted molar refractivity (Wildman–Crippen MR) is 96.9 cm³/mol. The first-order valence-corrected chi connectivity index (χ1v) is 9.03. The lowest BCUT2D eigenvalue weighted by Crippen LogP contribution is -2.44. The summed E-state index contributed by atoms with van der Waals surface area (Å²) in [5, 5.41) is 4.36. The molecule has 1 amide bonds. The second-order valence-corrected chi connectivity index (χ2v) is 7.72. The second kappa shape index (κ2) is 6.94. The van der Waals surface area contributed by atoms with Crippen molar-refractivity contribution in [3.05, 3.63) is 30.5 Å². The molecular weight excluding hydrogens is 314 g/mol. The maximum absolute atomic E-state index is 12.7. The van der Waals surface area contributed by atoms with Crippen LogP contribution in [0.4, 0.5) is 0 Å². The van der Waals surface area contributed by atoms with Crippen LogP contribution < -0.4 is 0 Å². The molecule has 3 rings (SSSR count). The van der Waals surface area contributed by atoms with Crippen molar-refractivity contribution in [3.8, 4) is 11.3 Å². The topological polar surface area (TPSA) is 63.9 Å². The standard InChI is InChI=1S/C19H27N5O/c1-5-24-13-15(11-22-24)17-16(20-8-9-21-17)14-7-6-10-23(12-14)18(25)19(2,3)4/h8-9,11,13-14H,5-7,10,12H2,1-4H3/t14-/m1/s1. The average Bonchev–Trinajstić information content (AvgIpc) is 3.09. The first-order chi connectivity index (χ1) is 11.9. The van der Waals surface area contributed by atoms with E-state index in [9.17, 15) is 4.79 Å². The van der Waals surface area contributed by atoms with Gasteiger partial charge in [0.1, 0.15) is 0 Å². The fraction of sp³-hybridized carbons (Fsp3) is 0.579. The van der Waals surface area contributed by atoms with E-state index >= 15 is 0 Å². The van der Waals surface area contributed by atoms with Crippen molar-refractivity contribution in [2.75, 3.05) is 13.1 Å². The Hall–Kier alpha value is -2.24. The summed E-state index contributed by atoms with van der Waals surface area (Å²) >= 11 is 0. The van der Waals surface area contributed by atoms with Crippen LogP contribution in [0.1, 0.15) is 52.1 Å². The van der Waals surface area contributed by atoms with Crippen LogP contribution in [0.3, 0.4) is 0 Å². The molecule has 6 heteroatoms. The summed E-state index contributed by atoms with van der Waals surface area (Å²) in [5.41, 5.74) is 2.50. The van der Waals surface area contributed by atoms with Gasteiger partial charge in [-0.1, -0.05) is 20.8 Å². The number of aromatic nitrogens is 4. The van der Waals surface area contributed by atoms with Crippen LogP contribution in [-0.4, -0.2) is 43.6 Å². The van der Waals surface area contributed by atoms with Gasteiger partial charge in [-0.2, -0.15) is 5.10 Å². The van der Waals surface area contributed by atoms with E-state index in [1.54, 1.807) is 12.4 Å². The smallest absolute Gasteiger partial charge is 0.227 e. The molecule has 0 saturated carbocycles. The summed E-state index contributed by atoms with van der Waals surface area (Å²) in [4.78, 5) is 23.9. The molecular formula is C19H27N5O. The van der Waals surface area contributed by atoms with E-state index in [0.29, 0.717) is 6.54 Å². The van der Waals surface area contributed by atoms with Crippen molar-refractivity contribution in [2.45, 2.75) is 53.0 Å². The number of amides is 1. The predicted octanol–water partition coefficient (Wildman–Crippen LogP) is 3.11. The van der Waals surface area contributed by atoms with E-state index in [0.717, 1.165) is 42.9 Å². The zero-order valence-corrected chi connectivity index (χ0v) is 15.6. The minimum Gasteiger partial charge on any atom is -0.342 e. The zero-order chi connectivity index (χ0) is 18.0. The number of aryl methyl sites for hydroxylation is 1. The monoisotopic (exact) mass is 341 g/mol. The Morgan fingerprint density at radius 1 is 1.28 bits per heavy atom. The van der Waals surface area contributed by atoms with Gasteiger partial charge in [0.15, 0.2) is 0 Å². The summed E-state index contributed by atoms with van der Waals surface area (Å²) in [5.74, 6) is 0.426. The van der Waals surface area contributed by atoms with Crippen LogP contribution in [-0.2, 0) is 11.3 Å². The van der Waals surface area contributed by atoms with Gasteiger partial charge in [-0.05, 0) is 19.8 Å². The molecule has 25 heavy (non-hydrogen) atoms. The first kappa shape index (κ1) is 17.6. The van der Waals surface area contributed by atoms with E-state index in [2.05, 4.69) is 22.0 Å². The minimum atomic E-state index is -0.352. The second-order valence-electron chi connectivity index (χ2n) is 7.72. The molecule has 134 valence electrons. The van der Waals surface area contributed by atoms with Crippen molar-refractivity contribution in [2.24, 2.45) is 5.41 Å². The number of piperidine rings is 1. The number of likely N-dealkylation sites (tertiary alicyclic amines) is 1. The number of hydrogen-bond acceptors (Lipinski definition) is 4. The van der Waals surface area contributed by atoms with Gasteiger partial charge in [-0.25, -0.2) is 0 Å². The van der Waals surface area contributed by atoms with Crippen molar-refractivity contribution >= 4 is 5.91 Å². The van der Waals surface area contributed by atoms with Crippen LogP contribution in [0.5, 0.6) is 0 Å². The van der Waals surface area contributed by atoms with Crippen molar-refractivity contribution in [1.82, 2.24) is 24.6 Å². The molecule has 0 aliphatic carbocycles. The molecule has 6 nitrogen and oxygen atoms in total. The van der Waals surface area contributed by atoms with Crippen molar-refractivity contribution in [3.63, 3.8) is 0 Å². The Morgan fingerprint density at radius 3 is 2.72 bits per heavy atom. The number of carbonyl (C=O) groups excluding carboxylic acids is 1. The lowest BCUT2D eigenvalue weighted by atomic mass is 9.88. The molecule has 0 N–H and O–H groups in total. The Balaban J connectivity index is 1.88. The number of hydrogen-bond donors (Lipinski definition) is 0. The lowest BCUT2D eigenvalue weighted by Gasteiger charge is -2.36. The van der Waals surface area contributed by atoms with Crippen LogP contribution in [0, 0.1) is 5.41 Å². The molecule has 1 atom stereocenters. The normalized spacial score (nSPS) is 18.4. The highest BCUT2D eigenvalue weighted by atomic mass is 16.2. The molecule has 1 aliphatic rings. The van der Waals surface area contributed by atoms with Gasteiger partial charge in [0.25, 0.3) is 0 Å². The van der Waals surface area contributed by atoms with E-state index in [4.69, 9.17) is 0 Å². The van der Waals surface area contributed by atoms with E-state index in [1.807, 2.05) is 42.7 Å². The third-order valence-electron chi connectivity index (χ3n) is 4.69. The number of rotatable bonds is 3. The van der Waals surface area contributed by atoms with Crippen LogP contribution >= 0.6 is 0 Å². The lowest BCUT2D eigenvalue weighted by molar-refractivity contribution is -0.140. The fourth-order valence-corrected chi connectivity index (χ4v) is 3.39. The third kappa shape index (κ3) is 3.72. The Morgan fingerprint density at radius 2 is 2.04 bits per heavy atom. The van der Waals surface area contributed by atoms with Crippen LogP contribution in [0.25, 0.3) is 11.3 Å².